The van der Waals surface area contributed by atoms with Crippen LogP contribution in [0.2, 0.25) is 0 Å². The van der Waals surface area contributed by atoms with Gasteiger partial charge in [0.2, 0.25) is 0 Å². The molecule has 0 aromatic heterocycles. The first-order valence-corrected chi connectivity index (χ1v) is 6.96. The number of aliphatic hydroxyl groups is 2. The molecule has 1 heterocycles. The van der Waals surface area contributed by atoms with E-state index in [0.29, 0.717) is 12.8 Å². The molecule has 22 heavy (non-hydrogen) atoms. The van der Waals surface area contributed by atoms with Crippen molar-refractivity contribution in [3.05, 3.63) is 0 Å². The van der Waals surface area contributed by atoms with Crippen LogP contribution in [0.3, 0.4) is 0 Å². The van der Waals surface area contributed by atoms with Crippen molar-refractivity contribution < 1.29 is 44.2 Å². The number of ether oxygens (including phenoxy) is 3. The fourth-order valence-electron chi connectivity index (χ4n) is 2.17. The van der Waals surface area contributed by atoms with E-state index in [9.17, 15) is 19.8 Å². The van der Waals surface area contributed by atoms with Gasteiger partial charge in [-0.2, -0.15) is 0 Å². The Kier molecular flexibility index (Phi) is 7.69. The van der Waals surface area contributed by atoms with E-state index in [2.05, 4.69) is 0 Å². The summed E-state index contributed by atoms with van der Waals surface area (Å²) in [5, 5.41) is 36.8. The maximum Gasteiger partial charge on any atom is 0.317 e. The fraction of sp³-hybridized carbons (Fsp3) is 0.846. The van der Waals surface area contributed by atoms with Gasteiger partial charge in [-0.25, -0.2) is 0 Å². The number of hydrogen-bond acceptors (Lipinski definition) is 7. The Morgan fingerprint density at radius 2 is 1.86 bits per heavy atom. The SMILES string of the molecule is CO[C@@H]1OC[C@@H](O)[C@@H](O)[C@@H]1OCCCCC(C(=O)O)C(=O)O. The number of carbonyl (C=O) groups is 2. The van der Waals surface area contributed by atoms with Crippen molar-refractivity contribution in [3.8, 4) is 0 Å². The number of unbranched alkanes of at least 4 members (excludes halogenated alkanes) is 1. The van der Waals surface area contributed by atoms with Crippen LogP contribution in [-0.2, 0) is 23.8 Å². The minimum absolute atomic E-state index is 0.00587. The van der Waals surface area contributed by atoms with Gasteiger partial charge in [0.15, 0.2) is 12.2 Å². The molecule has 1 aliphatic rings. The lowest BCUT2D eigenvalue weighted by molar-refractivity contribution is -0.273. The van der Waals surface area contributed by atoms with Crippen molar-refractivity contribution in [3.63, 3.8) is 0 Å². The zero-order valence-electron chi connectivity index (χ0n) is 12.3. The first-order valence-electron chi connectivity index (χ1n) is 6.96. The molecule has 1 aliphatic heterocycles. The first kappa shape index (κ1) is 18.8. The summed E-state index contributed by atoms with van der Waals surface area (Å²) in [6.45, 7) is 0.0993. The lowest BCUT2D eigenvalue weighted by Gasteiger charge is -2.37. The Hall–Kier alpha value is -1.26. The third-order valence-corrected chi connectivity index (χ3v) is 3.46. The molecule has 1 fully saturated rings. The molecule has 1 rings (SSSR count). The van der Waals surface area contributed by atoms with Crippen LogP contribution >= 0.6 is 0 Å². The van der Waals surface area contributed by atoms with Crippen LogP contribution in [0.15, 0.2) is 0 Å². The molecule has 0 spiro atoms. The fourth-order valence-corrected chi connectivity index (χ4v) is 2.17. The first-order chi connectivity index (χ1) is 10.4. The Morgan fingerprint density at radius 1 is 1.23 bits per heavy atom. The van der Waals surface area contributed by atoms with Gasteiger partial charge in [0.1, 0.15) is 18.3 Å². The highest BCUT2D eigenvalue weighted by Crippen LogP contribution is 2.20. The van der Waals surface area contributed by atoms with Gasteiger partial charge in [0.05, 0.1) is 6.61 Å². The number of methoxy groups -OCH3 is 1. The molecule has 1 saturated heterocycles. The van der Waals surface area contributed by atoms with Crippen LogP contribution in [0.1, 0.15) is 19.3 Å². The van der Waals surface area contributed by atoms with E-state index in [1.54, 1.807) is 0 Å². The predicted octanol–water partition coefficient (Wildman–Crippen LogP) is -0.948. The van der Waals surface area contributed by atoms with E-state index >= 15 is 0 Å². The van der Waals surface area contributed by atoms with Crippen LogP contribution in [0.5, 0.6) is 0 Å². The van der Waals surface area contributed by atoms with Crippen LogP contribution in [-0.4, -0.2) is 77.3 Å². The molecular formula is C13H22O9. The van der Waals surface area contributed by atoms with Crippen molar-refractivity contribution in [1.29, 1.82) is 0 Å². The Balaban J connectivity index is 2.33. The van der Waals surface area contributed by atoms with E-state index in [0.717, 1.165) is 0 Å². The number of carboxylic acids is 2. The molecule has 0 unspecified atom stereocenters. The molecule has 0 aromatic carbocycles. The lowest BCUT2D eigenvalue weighted by atomic mass is 10.0. The quantitative estimate of drug-likeness (QED) is 0.312. The van der Waals surface area contributed by atoms with Crippen LogP contribution in [0.4, 0.5) is 0 Å². The average molecular weight is 322 g/mol. The molecule has 0 bridgehead atoms. The third-order valence-electron chi connectivity index (χ3n) is 3.46. The summed E-state index contributed by atoms with van der Waals surface area (Å²) in [6.07, 6.45) is -3.13. The Morgan fingerprint density at radius 3 is 2.41 bits per heavy atom. The molecule has 9 heteroatoms. The van der Waals surface area contributed by atoms with Gasteiger partial charge in [-0.3, -0.25) is 9.59 Å². The summed E-state index contributed by atoms with van der Waals surface area (Å²) < 4.78 is 15.6. The van der Waals surface area contributed by atoms with Crippen molar-refractivity contribution in [2.24, 2.45) is 5.92 Å². The van der Waals surface area contributed by atoms with E-state index in [1.807, 2.05) is 0 Å². The Bertz CT molecular complexity index is 357. The summed E-state index contributed by atoms with van der Waals surface area (Å²) in [5.74, 6) is -4.17. The summed E-state index contributed by atoms with van der Waals surface area (Å²) in [7, 11) is 1.38. The maximum atomic E-state index is 10.7. The van der Waals surface area contributed by atoms with E-state index in [-0.39, 0.29) is 19.6 Å². The topological polar surface area (TPSA) is 143 Å². The lowest BCUT2D eigenvalue weighted by Crippen LogP contribution is -2.54. The van der Waals surface area contributed by atoms with Crippen molar-refractivity contribution in [1.82, 2.24) is 0 Å². The smallest absolute Gasteiger partial charge is 0.317 e. The highest BCUT2D eigenvalue weighted by Gasteiger charge is 2.39. The molecule has 0 amide bonds. The van der Waals surface area contributed by atoms with Crippen LogP contribution in [0.25, 0.3) is 0 Å². The maximum absolute atomic E-state index is 10.7. The average Bonchev–Trinajstić information content (AvgIpc) is 2.46. The molecule has 128 valence electrons. The molecule has 0 radical (unpaired) electrons. The number of aliphatic carboxylic acids is 2. The second kappa shape index (κ2) is 9.01. The summed E-state index contributed by atoms with van der Waals surface area (Å²) in [5.41, 5.74) is 0. The highest BCUT2D eigenvalue weighted by atomic mass is 16.7. The van der Waals surface area contributed by atoms with E-state index in [1.165, 1.54) is 7.11 Å². The monoisotopic (exact) mass is 322 g/mol. The van der Waals surface area contributed by atoms with Gasteiger partial charge in [0, 0.05) is 13.7 Å². The standard InChI is InChI=1S/C13H22O9/c1-20-13-10(9(15)8(14)6-22-13)21-5-3-2-4-7(11(16)17)12(18)19/h7-10,13-15H,2-6H2,1H3,(H,16,17)(H,18,19)/t8-,9-,10+,13-/m1/s1. The second-order valence-corrected chi connectivity index (χ2v) is 5.06. The zero-order valence-corrected chi connectivity index (χ0v) is 12.3. The normalized spacial score (nSPS) is 28.7. The molecule has 0 aliphatic carbocycles. The highest BCUT2D eigenvalue weighted by molar-refractivity contribution is 5.92. The number of rotatable bonds is 9. The largest absolute Gasteiger partial charge is 0.481 e. The Labute approximate surface area is 127 Å². The number of aliphatic hydroxyl groups excluding tert-OH is 2. The summed E-state index contributed by atoms with van der Waals surface area (Å²) >= 11 is 0. The molecule has 9 nitrogen and oxygen atoms in total. The van der Waals surface area contributed by atoms with Crippen molar-refractivity contribution in [2.75, 3.05) is 20.3 Å². The van der Waals surface area contributed by atoms with Gasteiger partial charge in [-0.05, 0) is 19.3 Å². The summed E-state index contributed by atoms with van der Waals surface area (Å²) in [6, 6.07) is 0. The van der Waals surface area contributed by atoms with Gasteiger partial charge in [0.25, 0.3) is 0 Å². The molecule has 4 atom stereocenters. The summed E-state index contributed by atoms with van der Waals surface area (Å²) in [4.78, 5) is 21.4. The van der Waals surface area contributed by atoms with Crippen LogP contribution < -0.4 is 0 Å². The van der Waals surface area contributed by atoms with E-state index in [4.69, 9.17) is 24.4 Å². The molecule has 0 saturated carbocycles. The van der Waals surface area contributed by atoms with E-state index < -0.39 is 42.5 Å². The van der Waals surface area contributed by atoms with Crippen LogP contribution in [0, 0.1) is 5.92 Å². The molecule has 0 aromatic rings. The van der Waals surface area contributed by atoms with Gasteiger partial charge >= 0.3 is 11.9 Å². The number of hydrogen-bond donors (Lipinski definition) is 4. The third kappa shape index (κ3) is 5.18. The molecule has 4 N–H and O–H groups in total. The van der Waals surface area contributed by atoms with Gasteiger partial charge in [-0.15, -0.1) is 0 Å². The van der Waals surface area contributed by atoms with Gasteiger partial charge < -0.3 is 34.6 Å². The minimum atomic E-state index is -1.43. The number of carboxylic acid groups (broad SMARTS) is 2. The minimum Gasteiger partial charge on any atom is -0.481 e. The zero-order chi connectivity index (χ0) is 16.7. The van der Waals surface area contributed by atoms with Gasteiger partial charge in [-0.1, -0.05) is 0 Å². The second-order valence-electron chi connectivity index (χ2n) is 5.06. The molecular weight excluding hydrogens is 300 g/mol. The predicted molar refractivity (Wildman–Crippen MR) is 71.1 cm³/mol. The van der Waals surface area contributed by atoms with Crippen molar-refractivity contribution >= 4 is 11.9 Å². The van der Waals surface area contributed by atoms with Crippen molar-refractivity contribution in [2.45, 2.75) is 43.9 Å².